The number of halogens is 1. The van der Waals surface area contributed by atoms with E-state index in [1.165, 1.54) is 35.3 Å². The van der Waals surface area contributed by atoms with Gasteiger partial charge in [0, 0.05) is 24.7 Å². The van der Waals surface area contributed by atoms with Crippen molar-refractivity contribution < 1.29 is 13.2 Å². The molecule has 9 heteroatoms. The van der Waals surface area contributed by atoms with Crippen LogP contribution in [0.1, 0.15) is 49.0 Å². The molecule has 1 aliphatic heterocycles. The minimum absolute atomic E-state index is 0.0245. The Hall–Kier alpha value is -1.90. The first kappa shape index (κ1) is 19.4. The summed E-state index contributed by atoms with van der Waals surface area (Å²) in [6.07, 6.45) is 5.66. The van der Waals surface area contributed by atoms with Gasteiger partial charge in [0.1, 0.15) is 10.7 Å². The summed E-state index contributed by atoms with van der Waals surface area (Å²) >= 11 is 6.16. The minimum Gasteiger partial charge on any atom is -0.307 e. The predicted molar refractivity (Wildman–Crippen MR) is 107 cm³/mol. The van der Waals surface area contributed by atoms with E-state index in [9.17, 15) is 13.2 Å². The van der Waals surface area contributed by atoms with Gasteiger partial charge >= 0.3 is 0 Å². The Morgan fingerprint density at radius 1 is 1.25 bits per heavy atom. The molecule has 1 unspecified atom stereocenters. The molecule has 0 bridgehead atoms. The number of rotatable bonds is 6. The van der Waals surface area contributed by atoms with Crippen molar-refractivity contribution in [3.05, 3.63) is 41.0 Å². The molecule has 2 heterocycles. The Morgan fingerprint density at radius 3 is 2.64 bits per heavy atom. The Kier molecular flexibility index (Phi) is 5.20. The maximum Gasteiger partial charge on any atom is 0.256 e. The molecule has 1 atom stereocenters. The standard InChI is InChI=1S/C19H23ClN4O3S/c1-13(14-4-5-14)24-18(8-9-21-24)22-19(25)15-6-7-16(20)17(12-15)28(26,27)23-10-2-3-11-23/h6-9,12-14H,2-5,10-11H2,1H3,(H,22,25). The van der Waals surface area contributed by atoms with Gasteiger partial charge < -0.3 is 5.32 Å². The number of hydrogen-bond donors (Lipinski definition) is 1. The second-order valence-corrected chi connectivity index (χ2v) is 9.76. The largest absolute Gasteiger partial charge is 0.307 e. The number of hydrogen-bond acceptors (Lipinski definition) is 4. The molecule has 2 aromatic rings. The lowest BCUT2D eigenvalue weighted by atomic mass is 10.2. The number of anilines is 1. The first-order chi connectivity index (χ1) is 13.4. The molecule has 1 saturated carbocycles. The van der Waals surface area contributed by atoms with Gasteiger partial charge in [0.2, 0.25) is 10.0 Å². The third kappa shape index (κ3) is 3.68. The Morgan fingerprint density at radius 2 is 1.96 bits per heavy atom. The van der Waals surface area contributed by atoms with Gasteiger partial charge in [0.25, 0.3) is 5.91 Å². The van der Waals surface area contributed by atoms with Crippen molar-refractivity contribution in [3.8, 4) is 0 Å². The summed E-state index contributed by atoms with van der Waals surface area (Å²) in [5.41, 5.74) is 0.244. The van der Waals surface area contributed by atoms with E-state index < -0.39 is 10.0 Å². The topological polar surface area (TPSA) is 84.3 Å². The molecule has 28 heavy (non-hydrogen) atoms. The highest BCUT2D eigenvalue weighted by molar-refractivity contribution is 7.89. The molecule has 1 saturated heterocycles. The van der Waals surface area contributed by atoms with E-state index in [2.05, 4.69) is 17.3 Å². The predicted octanol–water partition coefficient (Wildman–Crippen LogP) is 3.54. The smallest absolute Gasteiger partial charge is 0.256 e. The third-order valence-electron chi connectivity index (χ3n) is 5.48. The number of benzene rings is 1. The highest BCUT2D eigenvalue weighted by atomic mass is 35.5. The molecule has 2 fully saturated rings. The van der Waals surface area contributed by atoms with Crippen LogP contribution in [-0.2, 0) is 10.0 Å². The molecule has 0 spiro atoms. The molecule has 1 amide bonds. The van der Waals surface area contributed by atoms with Crippen molar-refractivity contribution in [1.29, 1.82) is 0 Å². The fourth-order valence-electron chi connectivity index (χ4n) is 3.61. The average molecular weight is 423 g/mol. The molecule has 150 valence electrons. The number of amides is 1. The van der Waals surface area contributed by atoms with Crippen LogP contribution in [0.3, 0.4) is 0 Å². The van der Waals surface area contributed by atoms with Gasteiger partial charge in [-0.1, -0.05) is 11.6 Å². The molecular formula is C19H23ClN4O3S. The lowest BCUT2D eigenvalue weighted by molar-refractivity contribution is 0.102. The number of nitrogens with one attached hydrogen (secondary N) is 1. The number of aromatic nitrogens is 2. The number of carbonyl (C=O) groups is 1. The van der Waals surface area contributed by atoms with E-state index in [-0.39, 0.29) is 27.4 Å². The molecule has 2 aliphatic rings. The summed E-state index contributed by atoms with van der Waals surface area (Å²) in [7, 11) is -3.71. The quantitative estimate of drug-likeness (QED) is 0.771. The van der Waals surface area contributed by atoms with Crippen LogP contribution in [0.2, 0.25) is 5.02 Å². The van der Waals surface area contributed by atoms with Crippen LogP contribution in [0.5, 0.6) is 0 Å². The Bertz CT molecular complexity index is 994. The minimum atomic E-state index is -3.71. The normalized spacial score (nSPS) is 18.9. The molecule has 1 aliphatic carbocycles. The molecular weight excluding hydrogens is 400 g/mol. The van der Waals surface area contributed by atoms with Crippen molar-refractivity contribution in [1.82, 2.24) is 14.1 Å². The second kappa shape index (κ2) is 7.50. The Balaban J connectivity index is 1.58. The van der Waals surface area contributed by atoms with Crippen LogP contribution >= 0.6 is 11.6 Å². The zero-order chi connectivity index (χ0) is 19.9. The van der Waals surface area contributed by atoms with Crippen molar-refractivity contribution >= 4 is 33.3 Å². The van der Waals surface area contributed by atoms with Crippen LogP contribution in [0.4, 0.5) is 5.82 Å². The van der Waals surface area contributed by atoms with Crippen molar-refractivity contribution in [2.24, 2.45) is 5.92 Å². The fourth-order valence-corrected chi connectivity index (χ4v) is 5.63. The van der Waals surface area contributed by atoms with E-state index in [0.29, 0.717) is 24.8 Å². The van der Waals surface area contributed by atoms with Crippen molar-refractivity contribution in [3.63, 3.8) is 0 Å². The highest BCUT2D eigenvalue weighted by Gasteiger charge is 2.32. The zero-order valence-corrected chi connectivity index (χ0v) is 17.2. The van der Waals surface area contributed by atoms with Crippen LogP contribution in [0.25, 0.3) is 0 Å². The summed E-state index contributed by atoms with van der Waals surface area (Å²) in [5.74, 6) is 0.797. The van der Waals surface area contributed by atoms with Gasteiger partial charge in [-0.25, -0.2) is 13.1 Å². The second-order valence-electron chi connectivity index (χ2n) is 7.45. The zero-order valence-electron chi connectivity index (χ0n) is 15.6. The first-order valence-corrected chi connectivity index (χ1v) is 11.3. The average Bonchev–Trinajstić information content (AvgIpc) is 3.16. The van der Waals surface area contributed by atoms with Gasteiger partial charge in [-0.3, -0.25) is 4.79 Å². The summed E-state index contributed by atoms with van der Waals surface area (Å²) in [6.45, 7) is 3.05. The van der Waals surface area contributed by atoms with Crippen LogP contribution in [0.15, 0.2) is 35.4 Å². The molecule has 1 N–H and O–H groups in total. The van der Waals surface area contributed by atoms with Gasteiger partial charge in [-0.15, -0.1) is 0 Å². The molecule has 4 rings (SSSR count). The highest BCUT2D eigenvalue weighted by Crippen LogP contribution is 2.40. The maximum absolute atomic E-state index is 12.9. The fraction of sp³-hybridized carbons (Fsp3) is 0.474. The Labute approximate surface area is 169 Å². The molecule has 1 aromatic carbocycles. The monoisotopic (exact) mass is 422 g/mol. The lowest BCUT2D eigenvalue weighted by Crippen LogP contribution is -2.28. The summed E-state index contributed by atoms with van der Waals surface area (Å²) in [6, 6.07) is 6.31. The van der Waals surface area contributed by atoms with E-state index >= 15 is 0 Å². The van der Waals surface area contributed by atoms with Crippen LogP contribution in [0, 0.1) is 5.92 Å². The first-order valence-electron chi connectivity index (χ1n) is 9.52. The van der Waals surface area contributed by atoms with Crippen molar-refractivity contribution in [2.45, 2.75) is 43.5 Å². The number of carbonyl (C=O) groups excluding carboxylic acids is 1. The van der Waals surface area contributed by atoms with Gasteiger partial charge in [-0.2, -0.15) is 9.40 Å². The molecule has 0 radical (unpaired) electrons. The summed E-state index contributed by atoms with van der Waals surface area (Å²) in [5, 5.41) is 7.29. The molecule has 7 nitrogen and oxygen atoms in total. The number of sulfonamides is 1. The van der Waals surface area contributed by atoms with Crippen molar-refractivity contribution in [2.75, 3.05) is 18.4 Å². The number of nitrogens with zero attached hydrogens (tertiary/aromatic N) is 3. The van der Waals surface area contributed by atoms with E-state index in [1.807, 2.05) is 4.68 Å². The van der Waals surface area contributed by atoms with E-state index in [1.54, 1.807) is 12.3 Å². The van der Waals surface area contributed by atoms with Crippen LogP contribution in [-0.4, -0.2) is 41.5 Å². The third-order valence-corrected chi connectivity index (χ3v) is 7.86. The van der Waals surface area contributed by atoms with Crippen LogP contribution < -0.4 is 5.32 Å². The SMILES string of the molecule is CC(C1CC1)n1nccc1NC(=O)c1ccc(Cl)c(S(=O)(=O)N2CCCC2)c1. The molecule has 1 aromatic heterocycles. The lowest BCUT2D eigenvalue weighted by Gasteiger charge is -2.18. The van der Waals surface area contributed by atoms with Gasteiger partial charge in [0.15, 0.2) is 0 Å². The summed E-state index contributed by atoms with van der Waals surface area (Å²) < 4.78 is 29.0. The maximum atomic E-state index is 12.9. The summed E-state index contributed by atoms with van der Waals surface area (Å²) in [4.78, 5) is 12.8. The van der Waals surface area contributed by atoms with E-state index in [0.717, 1.165) is 12.8 Å². The van der Waals surface area contributed by atoms with Gasteiger partial charge in [0.05, 0.1) is 17.3 Å². The van der Waals surface area contributed by atoms with E-state index in [4.69, 9.17) is 11.6 Å². The van der Waals surface area contributed by atoms with Gasteiger partial charge in [-0.05, 0) is 56.7 Å².